The molecule has 62 valence electrons. The van der Waals surface area contributed by atoms with Crippen LogP contribution in [0, 0.1) is 0 Å². The van der Waals surface area contributed by atoms with E-state index in [1.807, 2.05) is 12.1 Å². The Hall–Kier alpha value is -1.64. The second kappa shape index (κ2) is 3.17. The van der Waals surface area contributed by atoms with E-state index in [2.05, 4.69) is 0 Å². The molecule has 3 heteroatoms. The Morgan fingerprint density at radius 3 is 2.92 bits per heavy atom. The fraction of sp³-hybridized carbons (Fsp3) is 0.111. The first-order chi connectivity index (χ1) is 5.95. The van der Waals surface area contributed by atoms with Crippen LogP contribution in [0.3, 0.4) is 0 Å². The second-order valence-electron chi connectivity index (χ2n) is 2.33. The quantitative estimate of drug-likeness (QED) is 0.698. The normalized spacial score (nSPS) is 10.0. The maximum absolute atomic E-state index is 5.30. The van der Waals surface area contributed by atoms with Gasteiger partial charge in [-0.2, -0.15) is 0 Å². The van der Waals surface area contributed by atoms with Crippen molar-refractivity contribution >= 4 is 0 Å². The largest absolute Gasteiger partial charge is 0.482 e. The molecular formula is C9H8O3. The summed E-state index contributed by atoms with van der Waals surface area (Å²) < 4.78 is 15.2. The summed E-state index contributed by atoms with van der Waals surface area (Å²) >= 11 is 0. The van der Waals surface area contributed by atoms with Gasteiger partial charge in [0.15, 0.2) is 5.75 Å². The van der Waals surface area contributed by atoms with E-state index >= 15 is 0 Å². The van der Waals surface area contributed by atoms with E-state index in [-0.39, 0.29) is 0 Å². The minimum absolute atomic E-state index is 0.437. The lowest BCUT2D eigenvalue weighted by Crippen LogP contribution is -1.91. The van der Waals surface area contributed by atoms with Gasteiger partial charge in [-0.05, 0) is 12.1 Å². The molecule has 0 amide bonds. The van der Waals surface area contributed by atoms with Crippen molar-refractivity contribution in [3.8, 4) is 5.75 Å². The van der Waals surface area contributed by atoms with Crippen molar-refractivity contribution in [1.29, 1.82) is 0 Å². The van der Waals surface area contributed by atoms with Crippen molar-refractivity contribution in [3.63, 3.8) is 0 Å². The molecule has 0 saturated heterocycles. The fourth-order valence-electron chi connectivity index (χ4n) is 0.883. The Bertz CT molecular complexity index is 273. The third-order valence-corrected chi connectivity index (χ3v) is 1.46. The number of ether oxygens (including phenoxy) is 1. The zero-order chi connectivity index (χ0) is 8.23. The van der Waals surface area contributed by atoms with E-state index < -0.39 is 0 Å². The van der Waals surface area contributed by atoms with E-state index in [1.54, 1.807) is 24.9 Å². The van der Waals surface area contributed by atoms with Gasteiger partial charge in [-0.25, -0.2) is 0 Å². The first-order valence-corrected chi connectivity index (χ1v) is 3.62. The first kappa shape index (κ1) is 7.03. The lowest BCUT2D eigenvalue weighted by Gasteiger charge is -1.98. The Labute approximate surface area is 69.6 Å². The van der Waals surface area contributed by atoms with Crippen LogP contribution in [0.5, 0.6) is 5.75 Å². The van der Waals surface area contributed by atoms with E-state index in [9.17, 15) is 0 Å². The van der Waals surface area contributed by atoms with E-state index in [4.69, 9.17) is 13.6 Å². The standard InChI is InChI=1S/C9H8O3/c1-2-8(11-4-1)7-12-9-3-5-10-6-9/h1-6H,7H2. The Kier molecular flexibility index (Phi) is 1.86. The topological polar surface area (TPSA) is 35.5 Å². The molecule has 0 N–H and O–H groups in total. The van der Waals surface area contributed by atoms with Gasteiger partial charge in [-0.1, -0.05) is 0 Å². The van der Waals surface area contributed by atoms with Gasteiger partial charge in [0.1, 0.15) is 18.6 Å². The molecule has 0 aliphatic heterocycles. The molecule has 0 fully saturated rings. The van der Waals surface area contributed by atoms with Crippen LogP contribution in [0.2, 0.25) is 0 Å². The SMILES string of the molecule is c1coc(COc2ccoc2)c1. The molecule has 0 spiro atoms. The van der Waals surface area contributed by atoms with Crippen molar-refractivity contribution in [1.82, 2.24) is 0 Å². The summed E-state index contributed by atoms with van der Waals surface area (Å²) in [5.74, 6) is 1.52. The lowest BCUT2D eigenvalue weighted by atomic mass is 10.5. The average molecular weight is 164 g/mol. The Morgan fingerprint density at radius 1 is 1.25 bits per heavy atom. The van der Waals surface area contributed by atoms with Crippen LogP contribution >= 0.6 is 0 Å². The predicted octanol–water partition coefficient (Wildman–Crippen LogP) is 2.45. The molecule has 0 aliphatic rings. The Morgan fingerprint density at radius 2 is 2.25 bits per heavy atom. The summed E-state index contributed by atoms with van der Waals surface area (Å²) in [6.45, 7) is 0.437. The minimum Gasteiger partial charge on any atom is -0.482 e. The van der Waals surface area contributed by atoms with E-state index in [0.29, 0.717) is 12.4 Å². The molecule has 2 rings (SSSR count). The number of hydrogen-bond acceptors (Lipinski definition) is 3. The molecule has 0 bridgehead atoms. The smallest absolute Gasteiger partial charge is 0.158 e. The van der Waals surface area contributed by atoms with Crippen LogP contribution in [0.4, 0.5) is 0 Å². The van der Waals surface area contributed by atoms with Crippen LogP contribution < -0.4 is 4.74 Å². The third-order valence-electron chi connectivity index (χ3n) is 1.46. The fourth-order valence-corrected chi connectivity index (χ4v) is 0.883. The summed E-state index contributed by atoms with van der Waals surface area (Å²) in [4.78, 5) is 0. The number of furan rings is 2. The molecule has 2 heterocycles. The first-order valence-electron chi connectivity index (χ1n) is 3.62. The van der Waals surface area contributed by atoms with Crippen molar-refractivity contribution < 1.29 is 13.6 Å². The summed E-state index contributed by atoms with van der Waals surface area (Å²) in [5.41, 5.74) is 0. The van der Waals surface area contributed by atoms with Gasteiger partial charge in [-0.3, -0.25) is 0 Å². The van der Waals surface area contributed by atoms with E-state index in [0.717, 1.165) is 5.76 Å². The molecule has 0 unspecified atom stereocenters. The molecule has 2 aromatic rings. The predicted molar refractivity (Wildman–Crippen MR) is 41.7 cm³/mol. The molecule has 3 nitrogen and oxygen atoms in total. The van der Waals surface area contributed by atoms with Gasteiger partial charge in [-0.15, -0.1) is 0 Å². The van der Waals surface area contributed by atoms with Crippen LogP contribution in [0.1, 0.15) is 5.76 Å². The van der Waals surface area contributed by atoms with Crippen LogP contribution in [0.15, 0.2) is 45.8 Å². The van der Waals surface area contributed by atoms with E-state index in [1.165, 1.54) is 0 Å². The van der Waals surface area contributed by atoms with Gasteiger partial charge < -0.3 is 13.6 Å². The number of rotatable bonds is 3. The third kappa shape index (κ3) is 1.50. The average Bonchev–Trinajstić information content (AvgIpc) is 2.74. The maximum atomic E-state index is 5.30. The monoisotopic (exact) mass is 164 g/mol. The summed E-state index contributed by atoms with van der Waals surface area (Å²) in [5, 5.41) is 0. The van der Waals surface area contributed by atoms with Gasteiger partial charge in [0.25, 0.3) is 0 Å². The van der Waals surface area contributed by atoms with Crippen LogP contribution in [-0.2, 0) is 6.61 Å². The van der Waals surface area contributed by atoms with Crippen molar-refractivity contribution in [2.45, 2.75) is 6.61 Å². The van der Waals surface area contributed by atoms with Crippen LogP contribution in [0.25, 0.3) is 0 Å². The summed E-state index contributed by atoms with van der Waals surface area (Å²) in [6.07, 6.45) is 4.73. The molecule has 0 saturated carbocycles. The number of hydrogen-bond donors (Lipinski definition) is 0. The molecular weight excluding hydrogens is 156 g/mol. The van der Waals surface area contributed by atoms with Crippen LogP contribution in [-0.4, -0.2) is 0 Å². The lowest BCUT2D eigenvalue weighted by molar-refractivity contribution is 0.268. The Balaban J connectivity index is 1.91. The molecule has 12 heavy (non-hydrogen) atoms. The highest BCUT2D eigenvalue weighted by Gasteiger charge is 1.97. The van der Waals surface area contributed by atoms with Crippen molar-refractivity contribution in [2.24, 2.45) is 0 Å². The maximum Gasteiger partial charge on any atom is 0.158 e. The molecule has 0 radical (unpaired) electrons. The highest BCUT2D eigenvalue weighted by Crippen LogP contribution is 2.12. The molecule has 0 aromatic carbocycles. The molecule has 0 aliphatic carbocycles. The molecule has 0 atom stereocenters. The summed E-state index contributed by atoms with van der Waals surface area (Å²) in [6, 6.07) is 5.44. The minimum atomic E-state index is 0.437. The summed E-state index contributed by atoms with van der Waals surface area (Å²) in [7, 11) is 0. The van der Waals surface area contributed by atoms with Gasteiger partial charge in [0.05, 0.1) is 12.5 Å². The van der Waals surface area contributed by atoms with Crippen molar-refractivity contribution in [2.75, 3.05) is 0 Å². The molecule has 2 aromatic heterocycles. The zero-order valence-corrected chi connectivity index (χ0v) is 6.40. The van der Waals surface area contributed by atoms with Gasteiger partial charge >= 0.3 is 0 Å². The van der Waals surface area contributed by atoms with Gasteiger partial charge in [0, 0.05) is 6.07 Å². The highest BCUT2D eigenvalue weighted by atomic mass is 16.5. The zero-order valence-electron chi connectivity index (χ0n) is 6.40. The van der Waals surface area contributed by atoms with Gasteiger partial charge in [0.2, 0.25) is 0 Å². The second-order valence-corrected chi connectivity index (χ2v) is 2.33. The van der Waals surface area contributed by atoms with Crippen molar-refractivity contribution in [3.05, 3.63) is 42.7 Å². The highest BCUT2D eigenvalue weighted by molar-refractivity contribution is 5.13.